The lowest BCUT2D eigenvalue weighted by Crippen LogP contribution is -2.22. The van der Waals surface area contributed by atoms with Crippen LogP contribution in [0.4, 0.5) is 0 Å². The number of likely N-dealkylation sites (tertiary alicyclic amines) is 1. The van der Waals surface area contributed by atoms with Crippen LogP contribution >= 0.6 is 24.8 Å². The zero-order valence-corrected chi connectivity index (χ0v) is 13.9. The number of halogens is 2. The topological polar surface area (TPSA) is 67.9 Å². The van der Waals surface area contributed by atoms with Gasteiger partial charge in [0.25, 0.3) is 0 Å². The Kier molecular flexibility index (Phi) is 7.68. The third-order valence-electron chi connectivity index (χ3n) is 3.71. The fourth-order valence-electron chi connectivity index (χ4n) is 2.57. The van der Waals surface area contributed by atoms with Gasteiger partial charge in [-0.3, -0.25) is 9.88 Å². The second-order valence-corrected chi connectivity index (χ2v) is 5.26. The van der Waals surface area contributed by atoms with Gasteiger partial charge in [0, 0.05) is 37.2 Å². The Morgan fingerprint density at radius 1 is 1.14 bits per heavy atom. The molecule has 0 aromatic carbocycles. The van der Waals surface area contributed by atoms with Gasteiger partial charge in [0.2, 0.25) is 0 Å². The zero-order chi connectivity index (χ0) is 13.8. The van der Waals surface area contributed by atoms with Crippen LogP contribution in [0.3, 0.4) is 0 Å². The highest BCUT2D eigenvalue weighted by atomic mass is 35.5. The average Bonchev–Trinajstić information content (AvgIpc) is 2.97. The minimum Gasteiger partial charge on any atom is -0.330 e. The van der Waals surface area contributed by atoms with Crippen LogP contribution in [0.5, 0.6) is 0 Å². The minimum absolute atomic E-state index is 0. The monoisotopic (exact) mass is 341 g/mol. The lowest BCUT2D eigenvalue weighted by Gasteiger charge is -2.15. The van der Waals surface area contributed by atoms with Crippen LogP contribution in [0.1, 0.15) is 12.0 Å². The predicted molar refractivity (Wildman–Crippen MR) is 92.2 cm³/mol. The number of pyridine rings is 1. The van der Waals surface area contributed by atoms with Crippen molar-refractivity contribution in [2.24, 2.45) is 11.7 Å². The van der Waals surface area contributed by atoms with Gasteiger partial charge in [0.05, 0.1) is 0 Å². The van der Waals surface area contributed by atoms with Crippen LogP contribution in [0.2, 0.25) is 0 Å². The third kappa shape index (κ3) is 4.61. The first-order valence-electron chi connectivity index (χ1n) is 7.00. The Balaban J connectivity index is 0.00000121. The summed E-state index contributed by atoms with van der Waals surface area (Å²) in [7, 11) is 0. The summed E-state index contributed by atoms with van der Waals surface area (Å²) in [6.45, 7) is 3.88. The molecule has 5 nitrogen and oxygen atoms in total. The molecule has 7 heteroatoms. The average molecular weight is 342 g/mol. The number of hydrogen-bond acceptors (Lipinski definition) is 5. The number of nitrogens with two attached hydrogens (primary N) is 1. The molecule has 0 saturated carbocycles. The van der Waals surface area contributed by atoms with E-state index in [2.05, 4.69) is 19.9 Å². The van der Waals surface area contributed by atoms with E-state index in [0.29, 0.717) is 11.7 Å². The molecule has 1 aliphatic heterocycles. The normalized spacial score (nSPS) is 17.6. The van der Waals surface area contributed by atoms with Crippen LogP contribution in [0.15, 0.2) is 36.8 Å². The van der Waals surface area contributed by atoms with Crippen molar-refractivity contribution in [1.82, 2.24) is 19.9 Å². The van der Waals surface area contributed by atoms with Crippen molar-refractivity contribution in [3.63, 3.8) is 0 Å². The van der Waals surface area contributed by atoms with Crippen molar-refractivity contribution in [2.75, 3.05) is 19.6 Å². The van der Waals surface area contributed by atoms with E-state index in [1.165, 1.54) is 6.42 Å². The number of nitrogens with zero attached hydrogens (tertiary/aromatic N) is 4. The molecule has 0 bridgehead atoms. The second kappa shape index (κ2) is 9.00. The van der Waals surface area contributed by atoms with Gasteiger partial charge in [0.15, 0.2) is 5.82 Å². The first kappa shape index (κ1) is 18.8. The Bertz CT molecular complexity index is 550. The Morgan fingerprint density at radius 2 is 1.91 bits per heavy atom. The summed E-state index contributed by atoms with van der Waals surface area (Å²) in [5.74, 6) is 1.32. The highest BCUT2D eigenvalue weighted by Gasteiger charge is 2.21. The molecule has 1 unspecified atom stereocenters. The van der Waals surface area contributed by atoms with Gasteiger partial charge < -0.3 is 5.73 Å². The Labute approximate surface area is 143 Å². The first-order chi connectivity index (χ1) is 9.85. The molecule has 120 valence electrons. The quantitative estimate of drug-likeness (QED) is 0.922. The first-order valence-corrected chi connectivity index (χ1v) is 7.00. The smallest absolute Gasteiger partial charge is 0.178 e. The van der Waals surface area contributed by atoms with Crippen LogP contribution in [-0.2, 0) is 6.54 Å². The van der Waals surface area contributed by atoms with Crippen LogP contribution in [0.25, 0.3) is 11.5 Å². The van der Waals surface area contributed by atoms with E-state index < -0.39 is 0 Å². The van der Waals surface area contributed by atoms with Gasteiger partial charge in [-0.1, -0.05) is 6.07 Å². The van der Waals surface area contributed by atoms with Gasteiger partial charge in [-0.25, -0.2) is 9.97 Å². The van der Waals surface area contributed by atoms with E-state index in [-0.39, 0.29) is 24.8 Å². The summed E-state index contributed by atoms with van der Waals surface area (Å²) < 4.78 is 0. The Hall–Kier alpha value is -1.27. The van der Waals surface area contributed by atoms with Gasteiger partial charge in [-0.05, 0) is 37.6 Å². The summed E-state index contributed by atoms with van der Waals surface area (Å²) in [5.41, 5.74) is 7.67. The summed E-state index contributed by atoms with van der Waals surface area (Å²) >= 11 is 0. The molecule has 2 aromatic heterocycles. The van der Waals surface area contributed by atoms with Gasteiger partial charge in [-0.15, -0.1) is 24.8 Å². The van der Waals surface area contributed by atoms with Crippen molar-refractivity contribution in [3.05, 3.63) is 42.4 Å². The number of aromatic nitrogens is 3. The SMILES string of the molecule is Cl.Cl.NCC1CCN(Cc2cnc(-c3ccccn3)nc2)C1. The van der Waals surface area contributed by atoms with E-state index >= 15 is 0 Å². The van der Waals surface area contributed by atoms with Crippen LogP contribution in [-0.4, -0.2) is 39.5 Å². The highest BCUT2D eigenvalue weighted by Crippen LogP contribution is 2.17. The lowest BCUT2D eigenvalue weighted by molar-refractivity contribution is 0.317. The molecule has 22 heavy (non-hydrogen) atoms. The molecule has 2 N–H and O–H groups in total. The standard InChI is InChI=1S/C15H19N5.2ClH/c16-7-12-4-6-20(10-12)11-13-8-18-15(19-9-13)14-3-1-2-5-17-14;;/h1-3,5,8-9,12H,4,6-7,10-11,16H2;2*1H. The van der Waals surface area contributed by atoms with Crippen molar-refractivity contribution in [1.29, 1.82) is 0 Å². The van der Waals surface area contributed by atoms with Gasteiger partial charge in [-0.2, -0.15) is 0 Å². The highest BCUT2D eigenvalue weighted by molar-refractivity contribution is 5.85. The molecule has 1 fully saturated rings. The molecule has 0 spiro atoms. The summed E-state index contributed by atoms with van der Waals surface area (Å²) in [5, 5.41) is 0. The summed E-state index contributed by atoms with van der Waals surface area (Å²) in [6, 6.07) is 5.75. The maximum absolute atomic E-state index is 5.72. The second-order valence-electron chi connectivity index (χ2n) is 5.26. The predicted octanol–water partition coefficient (Wildman–Crippen LogP) is 2.16. The number of hydrogen-bond donors (Lipinski definition) is 1. The molecule has 1 atom stereocenters. The Morgan fingerprint density at radius 3 is 2.50 bits per heavy atom. The molecular weight excluding hydrogens is 321 g/mol. The van der Waals surface area contributed by atoms with Gasteiger partial charge in [0.1, 0.15) is 5.69 Å². The molecule has 0 aliphatic carbocycles. The van der Waals surface area contributed by atoms with E-state index in [4.69, 9.17) is 5.73 Å². The third-order valence-corrected chi connectivity index (χ3v) is 3.71. The van der Waals surface area contributed by atoms with E-state index in [1.807, 2.05) is 30.6 Å². The van der Waals surface area contributed by atoms with Crippen molar-refractivity contribution in [2.45, 2.75) is 13.0 Å². The molecule has 3 heterocycles. The molecular formula is C15H21Cl2N5. The maximum Gasteiger partial charge on any atom is 0.178 e. The molecule has 1 saturated heterocycles. The largest absolute Gasteiger partial charge is 0.330 e. The maximum atomic E-state index is 5.72. The fourth-order valence-corrected chi connectivity index (χ4v) is 2.57. The van der Waals surface area contributed by atoms with Crippen molar-refractivity contribution < 1.29 is 0 Å². The lowest BCUT2D eigenvalue weighted by atomic mass is 10.1. The number of rotatable bonds is 4. The van der Waals surface area contributed by atoms with E-state index in [9.17, 15) is 0 Å². The molecule has 0 radical (unpaired) electrons. The van der Waals surface area contributed by atoms with Gasteiger partial charge >= 0.3 is 0 Å². The minimum atomic E-state index is 0. The van der Waals surface area contributed by atoms with Crippen LogP contribution < -0.4 is 5.73 Å². The van der Waals surface area contributed by atoms with Crippen LogP contribution in [0, 0.1) is 5.92 Å². The van der Waals surface area contributed by atoms with E-state index in [0.717, 1.165) is 37.4 Å². The molecule has 1 aliphatic rings. The molecule has 3 rings (SSSR count). The summed E-state index contributed by atoms with van der Waals surface area (Å²) in [4.78, 5) is 15.5. The van der Waals surface area contributed by atoms with Crippen molar-refractivity contribution in [3.8, 4) is 11.5 Å². The fraction of sp³-hybridized carbons (Fsp3) is 0.400. The molecule has 0 amide bonds. The molecule has 2 aromatic rings. The zero-order valence-electron chi connectivity index (χ0n) is 12.3. The van der Waals surface area contributed by atoms with E-state index in [1.54, 1.807) is 6.20 Å². The summed E-state index contributed by atoms with van der Waals surface area (Å²) in [6.07, 6.45) is 6.74. The van der Waals surface area contributed by atoms with Crippen molar-refractivity contribution >= 4 is 24.8 Å².